The lowest BCUT2D eigenvalue weighted by Crippen LogP contribution is -2.26. The molecule has 0 fully saturated rings. The van der Waals surface area contributed by atoms with Crippen molar-refractivity contribution < 1.29 is 9.53 Å². The number of rotatable bonds is 6. The molecular formula is C13H19BrN2O2. The number of ether oxygens (including phenoxy) is 1. The van der Waals surface area contributed by atoms with E-state index in [1.807, 2.05) is 25.2 Å². The third kappa shape index (κ3) is 3.99. The van der Waals surface area contributed by atoms with E-state index in [2.05, 4.69) is 21.2 Å². The highest BCUT2D eigenvalue weighted by Crippen LogP contribution is 2.29. The average molecular weight is 315 g/mol. The van der Waals surface area contributed by atoms with Gasteiger partial charge in [0.25, 0.3) is 0 Å². The van der Waals surface area contributed by atoms with E-state index < -0.39 is 0 Å². The van der Waals surface area contributed by atoms with E-state index in [-0.39, 0.29) is 5.91 Å². The first-order valence-corrected chi connectivity index (χ1v) is 6.64. The van der Waals surface area contributed by atoms with Crippen molar-refractivity contribution in [1.82, 2.24) is 5.32 Å². The zero-order valence-corrected chi connectivity index (χ0v) is 12.6. The molecule has 0 aromatic heterocycles. The molecule has 0 heterocycles. The molecule has 0 unspecified atom stereocenters. The van der Waals surface area contributed by atoms with Crippen molar-refractivity contribution in [1.29, 1.82) is 0 Å². The van der Waals surface area contributed by atoms with Gasteiger partial charge in [0.15, 0.2) is 0 Å². The van der Waals surface area contributed by atoms with Crippen LogP contribution in [0.5, 0.6) is 5.75 Å². The van der Waals surface area contributed by atoms with Crippen LogP contribution in [-0.2, 0) is 4.79 Å². The van der Waals surface area contributed by atoms with E-state index in [0.717, 1.165) is 28.9 Å². The average Bonchev–Trinajstić information content (AvgIpc) is 2.38. The summed E-state index contributed by atoms with van der Waals surface area (Å²) in [6, 6.07) is 5.60. The SMILES string of the molecule is CNCCCC(=O)N(C)c1ccc(OC)c(Br)c1. The van der Waals surface area contributed by atoms with Crippen LogP contribution in [0.25, 0.3) is 0 Å². The van der Waals surface area contributed by atoms with E-state index in [1.165, 1.54) is 0 Å². The van der Waals surface area contributed by atoms with E-state index in [4.69, 9.17) is 4.74 Å². The first-order valence-electron chi connectivity index (χ1n) is 5.85. The molecule has 0 aliphatic carbocycles. The number of benzene rings is 1. The standard InChI is InChI=1S/C13H19BrN2O2/c1-15-8-4-5-13(17)16(2)10-6-7-12(18-3)11(14)9-10/h6-7,9,15H,4-5,8H2,1-3H3. The van der Waals surface area contributed by atoms with Crippen LogP contribution in [0, 0.1) is 0 Å². The van der Waals surface area contributed by atoms with Gasteiger partial charge < -0.3 is 15.0 Å². The van der Waals surface area contributed by atoms with E-state index in [0.29, 0.717) is 6.42 Å². The number of nitrogens with one attached hydrogen (secondary N) is 1. The highest BCUT2D eigenvalue weighted by molar-refractivity contribution is 9.10. The van der Waals surface area contributed by atoms with Gasteiger partial charge in [-0.05, 0) is 54.1 Å². The van der Waals surface area contributed by atoms with Gasteiger partial charge >= 0.3 is 0 Å². The first-order chi connectivity index (χ1) is 8.60. The topological polar surface area (TPSA) is 41.6 Å². The summed E-state index contributed by atoms with van der Waals surface area (Å²) >= 11 is 3.42. The number of carbonyl (C=O) groups is 1. The van der Waals surface area contributed by atoms with Crippen molar-refractivity contribution >= 4 is 27.5 Å². The Kier molecular flexibility index (Phi) is 6.15. The molecule has 5 heteroatoms. The van der Waals surface area contributed by atoms with Gasteiger partial charge in [0.05, 0.1) is 11.6 Å². The highest BCUT2D eigenvalue weighted by Gasteiger charge is 2.12. The molecule has 0 bridgehead atoms. The van der Waals surface area contributed by atoms with Crippen molar-refractivity contribution in [3.05, 3.63) is 22.7 Å². The second kappa shape index (κ2) is 7.38. The van der Waals surface area contributed by atoms with Crippen molar-refractivity contribution in [3.8, 4) is 5.75 Å². The van der Waals surface area contributed by atoms with Gasteiger partial charge in [0, 0.05) is 19.2 Å². The maximum absolute atomic E-state index is 11.9. The number of anilines is 1. The van der Waals surface area contributed by atoms with E-state index >= 15 is 0 Å². The van der Waals surface area contributed by atoms with Crippen LogP contribution in [0.1, 0.15) is 12.8 Å². The largest absolute Gasteiger partial charge is 0.496 e. The van der Waals surface area contributed by atoms with E-state index in [1.54, 1.807) is 19.1 Å². The van der Waals surface area contributed by atoms with Gasteiger partial charge in [-0.3, -0.25) is 4.79 Å². The molecule has 0 saturated carbocycles. The summed E-state index contributed by atoms with van der Waals surface area (Å²) in [4.78, 5) is 13.6. The predicted molar refractivity (Wildman–Crippen MR) is 77.3 cm³/mol. The summed E-state index contributed by atoms with van der Waals surface area (Å²) in [6.07, 6.45) is 1.39. The lowest BCUT2D eigenvalue weighted by atomic mass is 10.2. The van der Waals surface area contributed by atoms with Crippen molar-refractivity contribution in [3.63, 3.8) is 0 Å². The Hall–Kier alpha value is -1.07. The predicted octanol–water partition coefficient (Wildman–Crippen LogP) is 2.42. The van der Waals surface area contributed by atoms with Crippen LogP contribution in [-0.4, -0.2) is 33.7 Å². The summed E-state index contributed by atoms with van der Waals surface area (Å²) in [6.45, 7) is 0.853. The molecule has 4 nitrogen and oxygen atoms in total. The maximum atomic E-state index is 11.9. The fraction of sp³-hybridized carbons (Fsp3) is 0.462. The Balaban J connectivity index is 2.68. The smallest absolute Gasteiger partial charge is 0.226 e. The molecule has 1 aromatic carbocycles. The number of nitrogens with zero attached hydrogens (tertiary/aromatic N) is 1. The fourth-order valence-corrected chi connectivity index (χ4v) is 2.12. The van der Waals surface area contributed by atoms with Crippen molar-refractivity contribution in [2.24, 2.45) is 0 Å². The van der Waals surface area contributed by atoms with Gasteiger partial charge in [0.2, 0.25) is 5.91 Å². The van der Waals surface area contributed by atoms with Gasteiger partial charge in [-0.25, -0.2) is 0 Å². The zero-order chi connectivity index (χ0) is 13.5. The Labute approximate surface area is 116 Å². The minimum absolute atomic E-state index is 0.113. The molecule has 0 aliphatic heterocycles. The first kappa shape index (κ1) is 15.0. The molecule has 1 amide bonds. The number of amides is 1. The third-order valence-corrected chi connectivity index (χ3v) is 3.33. The summed E-state index contributed by atoms with van der Waals surface area (Å²) in [5, 5.41) is 3.03. The van der Waals surface area contributed by atoms with Crippen LogP contribution in [0.15, 0.2) is 22.7 Å². The van der Waals surface area contributed by atoms with Gasteiger partial charge in [-0.1, -0.05) is 0 Å². The molecule has 1 rings (SSSR count). The van der Waals surface area contributed by atoms with Crippen molar-refractivity contribution in [2.75, 3.05) is 32.6 Å². The lowest BCUT2D eigenvalue weighted by molar-refractivity contribution is -0.118. The Morgan fingerprint density at radius 3 is 2.78 bits per heavy atom. The number of hydrogen-bond acceptors (Lipinski definition) is 3. The quantitative estimate of drug-likeness (QED) is 0.820. The van der Waals surface area contributed by atoms with Gasteiger partial charge in [-0.2, -0.15) is 0 Å². The Morgan fingerprint density at radius 2 is 2.22 bits per heavy atom. The maximum Gasteiger partial charge on any atom is 0.226 e. The second-order valence-corrected chi connectivity index (χ2v) is 4.83. The molecule has 1 aromatic rings. The molecular weight excluding hydrogens is 296 g/mol. The number of methoxy groups -OCH3 is 1. The zero-order valence-electron chi connectivity index (χ0n) is 11.0. The van der Waals surface area contributed by atoms with Crippen LogP contribution in [0.3, 0.4) is 0 Å². The number of hydrogen-bond donors (Lipinski definition) is 1. The molecule has 1 N–H and O–H groups in total. The van der Waals surface area contributed by atoms with Crippen LogP contribution >= 0.6 is 15.9 Å². The molecule has 0 radical (unpaired) electrons. The van der Waals surface area contributed by atoms with Crippen LogP contribution in [0.2, 0.25) is 0 Å². The van der Waals surface area contributed by atoms with Crippen LogP contribution < -0.4 is 15.0 Å². The lowest BCUT2D eigenvalue weighted by Gasteiger charge is -2.18. The molecule has 0 saturated heterocycles. The minimum Gasteiger partial charge on any atom is -0.496 e. The van der Waals surface area contributed by atoms with Gasteiger partial charge in [-0.15, -0.1) is 0 Å². The summed E-state index contributed by atoms with van der Waals surface area (Å²) in [5.74, 6) is 0.872. The highest BCUT2D eigenvalue weighted by atomic mass is 79.9. The molecule has 0 aliphatic rings. The minimum atomic E-state index is 0.113. The normalized spacial score (nSPS) is 10.2. The number of halogens is 1. The Morgan fingerprint density at radius 1 is 1.50 bits per heavy atom. The van der Waals surface area contributed by atoms with Crippen molar-refractivity contribution in [2.45, 2.75) is 12.8 Å². The summed E-state index contributed by atoms with van der Waals surface area (Å²) in [7, 11) is 5.29. The Bertz CT molecular complexity index is 410. The fourth-order valence-electron chi connectivity index (χ4n) is 1.59. The van der Waals surface area contributed by atoms with E-state index in [9.17, 15) is 4.79 Å². The third-order valence-electron chi connectivity index (χ3n) is 2.71. The monoisotopic (exact) mass is 314 g/mol. The molecule has 18 heavy (non-hydrogen) atoms. The molecule has 0 spiro atoms. The van der Waals surface area contributed by atoms with Gasteiger partial charge in [0.1, 0.15) is 5.75 Å². The van der Waals surface area contributed by atoms with Crippen LogP contribution in [0.4, 0.5) is 5.69 Å². The summed E-state index contributed by atoms with van der Waals surface area (Å²) < 4.78 is 6.01. The molecule has 100 valence electrons. The number of carbonyl (C=O) groups excluding carboxylic acids is 1. The molecule has 0 atom stereocenters. The summed E-state index contributed by atoms with van der Waals surface area (Å²) in [5.41, 5.74) is 0.858. The second-order valence-electron chi connectivity index (χ2n) is 3.98.